The van der Waals surface area contributed by atoms with Gasteiger partial charge in [-0.25, -0.2) is 0 Å². The van der Waals surface area contributed by atoms with E-state index >= 15 is 0 Å². The molecule has 2 rings (SSSR count). The molecule has 1 unspecified atom stereocenters. The summed E-state index contributed by atoms with van der Waals surface area (Å²) in [5.41, 5.74) is 0.951. The topological polar surface area (TPSA) is 54.4 Å². The number of benzene rings is 1. The van der Waals surface area contributed by atoms with E-state index in [4.69, 9.17) is 5.11 Å². The number of aliphatic hydroxyl groups excluding tert-OH is 1. The van der Waals surface area contributed by atoms with Crippen LogP contribution in [0.1, 0.15) is 12.5 Å². The normalized spacial score (nSPS) is 22.0. The lowest BCUT2D eigenvalue weighted by molar-refractivity contribution is -0.111. The number of hydrogen-bond donors (Lipinski definition) is 1. The van der Waals surface area contributed by atoms with E-state index in [-0.39, 0.29) is 17.5 Å². The van der Waals surface area contributed by atoms with Crippen LogP contribution in [0.5, 0.6) is 0 Å². The molecule has 1 aromatic carbocycles. The van der Waals surface area contributed by atoms with Crippen molar-refractivity contribution >= 4 is 22.7 Å². The molecule has 0 saturated heterocycles. The van der Waals surface area contributed by atoms with Crippen LogP contribution in [0.4, 0.5) is 0 Å². The van der Waals surface area contributed by atoms with Crippen LogP contribution >= 0.6 is 11.8 Å². The number of ketones is 1. The lowest BCUT2D eigenvalue weighted by Gasteiger charge is -2.28. The van der Waals surface area contributed by atoms with Gasteiger partial charge in [-0.2, -0.15) is 0 Å². The molecule has 3 nitrogen and oxygen atoms in total. The van der Waals surface area contributed by atoms with Crippen molar-refractivity contribution in [1.29, 1.82) is 0 Å². The Morgan fingerprint density at radius 3 is 2.60 bits per heavy atom. The minimum Gasteiger partial charge on any atom is -0.396 e. The van der Waals surface area contributed by atoms with E-state index in [0.717, 1.165) is 17.3 Å². The third-order valence-corrected chi connectivity index (χ3v) is 4.48. The average Bonchev–Trinajstić information content (AvgIpc) is 2.71. The van der Waals surface area contributed by atoms with E-state index in [1.54, 1.807) is 0 Å². The number of rotatable bonds is 4. The lowest BCUT2D eigenvalue weighted by Crippen LogP contribution is -2.28. The summed E-state index contributed by atoms with van der Waals surface area (Å²) in [5.74, 6) is 0.117. The Balaban J connectivity index is 2.44. The molecule has 0 fully saturated rings. The van der Waals surface area contributed by atoms with E-state index in [1.165, 1.54) is 6.08 Å². The van der Waals surface area contributed by atoms with E-state index in [2.05, 4.69) is 6.58 Å². The van der Waals surface area contributed by atoms with Crippen molar-refractivity contribution in [3.63, 3.8) is 0 Å². The van der Waals surface area contributed by atoms with Gasteiger partial charge in [-0.3, -0.25) is 9.59 Å². The fourth-order valence-corrected chi connectivity index (χ4v) is 3.05. The van der Waals surface area contributed by atoms with Crippen LogP contribution in [-0.2, 0) is 15.0 Å². The monoisotopic (exact) mass is 288 g/mol. The van der Waals surface area contributed by atoms with E-state index in [0.29, 0.717) is 16.9 Å². The molecule has 1 aliphatic carbocycles. The maximum absolute atomic E-state index is 12.3. The molecule has 0 saturated carbocycles. The number of hydrogen-bond acceptors (Lipinski definition) is 4. The van der Waals surface area contributed by atoms with Crippen molar-refractivity contribution in [3.8, 4) is 0 Å². The Kier molecular flexibility index (Phi) is 4.26. The molecule has 0 amide bonds. The molecule has 4 heteroatoms. The zero-order valence-corrected chi connectivity index (χ0v) is 12.1. The Bertz CT molecular complexity index is 589. The molecule has 104 valence electrons. The zero-order chi connectivity index (χ0) is 14.8. The van der Waals surface area contributed by atoms with Crippen LogP contribution in [0.2, 0.25) is 0 Å². The molecule has 0 heterocycles. The molecular formula is C16H16O3S. The highest BCUT2D eigenvalue weighted by molar-refractivity contribution is 8.14. The maximum Gasteiger partial charge on any atom is 0.216 e. The SMILES string of the molecule is C=C1C(=O)C=C(C(=O)SCCO)C1(C)c1ccccc1. The van der Waals surface area contributed by atoms with Gasteiger partial charge in [0.25, 0.3) is 0 Å². The second kappa shape index (κ2) is 5.77. The van der Waals surface area contributed by atoms with Gasteiger partial charge in [-0.05, 0) is 18.6 Å². The zero-order valence-electron chi connectivity index (χ0n) is 11.3. The molecule has 0 aliphatic heterocycles. The Morgan fingerprint density at radius 1 is 1.35 bits per heavy atom. The molecular weight excluding hydrogens is 272 g/mol. The largest absolute Gasteiger partial charge is 0.396 e. The molecule has 0 aromatic heterocycles. The second-order valence-electron chi connectivity index (χ2n) is 4.75. The summed E-state index contributed by atoms with van der Waals surface area (Å²) in [5, 5.41) is 8.65. The van der Waals surface area contributed by atoms with Gasteiger partial charge in [0.2, 0.25) is 5.12 Å². The molecule has 1 aliphatic rings. The summed E-state index contributed by atoms with van der Waals surface area (Å²) in [6, 6.07) is 9.42. The number of carbonyl (C=O) groups excluding carboxylic acids is 2. The molecule has 0 spiro atoms. The smallest absolute Gasteiger partial charge is 0.216 e. The van der Waals surface area contributed by atoms with Crippen LogP contribution in [0, 0.1) is 0 Å². The highest BCUT2D eigenvalue weighted by atomic mass is 32.2. The summed E-state index contributed by atoms with van der Waals surface area (Å²) in [7, 11) is 0. The van der Waals surface area contributed by atoms with Crippen LogP contribution in [-0.4, -0.2) is 28.4 Å². The van der Waals surface area contributed by atoms with Crippen molar-refractivity contribution in [1.82, 2.24) is 0 Å². The highest BCUT2D eigenvalue weighted by Crippen LogP contribution is 2.44. The number of carbonyl (C=O) groups is 2. The van der Waals surface area contributed by atoms with Crippen LogP contribution in [0.3, 0.4) is 0 Å². The van der Waals surface area contributed by atoms with Gasteiger partial charge in [-0.1, -0.05) is 48.7 Å². The highest BCUT2D eigenvalue weighted by Gasteiger charge is 2.44. The third kappa shape index (κ3) is 2.37. The van der Waals surface area contributed by atoms with Gasteiger partial charge in [0, 0.05) is 16.9 Å². The molecule has 1 atom stereocenters. The van der Waals surface area contributed by atoms with Crippen molar-refractivity contribution in [2.75, 3.05) is 12.4 Å². The lowest BCUT2D eigenvalue weighted by atomic mass is 9.74. The van der Waals surface area contributed by atoms with Gasteiger partial charge in [0.1, 0.15) is 0 Å². The Morgan fingerprint density at radius 2 is 2.00 bits per heavy atom. The van der Waals surface area contributed by atoms with Gasteiger partial charge >= 0.3 is 0 Å². The fraction of sp³-hybridized carbons (Fsp3) is 0.250. The first-order chi connectivity index (χ1) is 9.51. The van der Waals surface area contributed by atoms with E-state index in [1.807, 2.05) is 37.3 Å². The van der Waals surface area contributed by atoms with E-state index in [9.17, 15) is 9.59 Å². The first-order valence-corrected chi connectivity index (χ1v) is 7.29. The average molecular weight is 288 g/mol. The second-order valence-corrected chi connectivity index (χ2v) is 5.82. The summed E-state index contributed by atoms with van der Waals surface area (Å²) in [4.78, 5) is 24.2. The summed E-state index contributed by atoms with van der Waals surface area (Å²) < 4.78 is 0. The predicted octanol–water partition coefficient (Wildman–Crippen LogP) is 2.26. The van der Waals surface area contributed by atoms with Crippen LogP contribution in [0.15, 0.2) is 54.1 Å². The van der Waals surface area contributed by atoms with Crippen molar-refractivity contribution in [3.05, 3.63) is 59.7 Å². The van der Waals surface area contributed by atoms with Crippen LogP contribution in [0.25, 0.3) is 0 Å². The van der Waals surface area contributed by atoms with Crippen molar-refractivity contribution in [2.24, 2.45) is 0 Å². The van der Waals surface area contributed by atoms with Gasteiger partial charge in [-0.15, -0.1) is 0 Å². The molecule has 0 radical (unpaired) electrons. The first kappa shape index (κ1) is 14.8. The summed E-state index contributed by atoms with van der Waals surface area (Å²) in [6.45, 7) is 5.64. The minimum atomic E-state index is -0.780. The van der Waals surface area contributed by atoms with Crippen molar-refractivity contribution < 1.29 is 14.7 Å². The molecule has 1 aromatic rings. The number of aliphatic hydroxyl groups is 1. The fourth-order valence-electron chi connectivity index (χ4n) is 2.35. The van der Waals surface area contributed by atoms with Gasteiger partial charge in [0.15, 0.2) is 5.78 Å². The summed E-state index contributed by atoms with van der Waals surface area (Å²) in [6.07, 6.45) is 1.38. The molecule has 1 N–H and O–H groups in total. The quantitative estimate of drug-likeness (QED) is 0.864. The Hall–Kier alpha value is -1.65. The van der Waals surface area contributed by atoms with E-state index < -0.39 is 5.41 Å². The summed E-state index contributed by atoms with van der Waals surface area (Å²) >= 11 is 1.02. The van der Waals surface area contributed by atoms with Gasteiger partial charge < -0.3 is 5.11 Å². The predicted molar refractivity (Wildman–Crippen MR) is 80.6 cm³/mol. The van der Waals surface area contributed by atoms with Gasteiger partial charge in [0.05, 0.1) is 12.0 Å². The van der Waals surface area contributed by atoms with Crippen LogP contribution < -0.4 is 0 Å². The minimum absolute atomic E-state index is 0.0688. The molecule has 20 heavy (non-hydrogen) atoms. The molecule has 0 bridgehead atoms. The first-order valence-electron chi connectivity index (χ1n) is 6.31. The number of thioether (sulfide) groups is 1. The standard InChI is InChI=1S/C16H16O3S/c1-11-14(18)10-13(15(19)20-9-8-17)16(11,2)12-6-4-3-5-7-12/h3-7,10,17H,1,8-9H2,2H3. The Labute approximate surface area is 122 Å². The number of allylic oxidation sites excluding steroid dienone is 2. The maximum atomic E-state index is 12.3. The third-order valence-electron chi connectivity index (χ3n) is 3.61. The van der Waals surface area contributed by atoms with Crippen molar-refractivity contribution in [2.45, 2.75) is 12.3 Å².